The van der Waals surface area contributed by atoms with Gasteiger partial charge in [0.05, 0.1) is 5.60 Å². The maximum Gasteiger partial charge on any atom is 0.225 e. The second-order valence-corrected chi connectivity index (χ2v) is 8.88. The lowest BCUT2D eigenvalue weighted by molar-refractivity contribution is -0.168. The van der Waals surface area contributed by atoms with E-state index >= 15 is 0 Å². The molecule has 0 radical (unpaired) electrons. The molecule has 1 spiro atoms. The number of likely N-dealkylation sites (tertiary alicyclic amines) is 1. The maximum atomic E-state index is 12.4. The highest BCUT2D eigenvalue weighted by molar-refractivity contribution is 5.82. The van der Waals surface area contributed by atoms with Gasteiger partial charge in [-0.1, -0.05) is 18.2 Å². The Bertz CT molecular complexity index is 838. The number of nitrogens with zero attached hydrogens (tertiary/aromatic N) is 2. The number of benzene rings is 1. The molecule has 5 rings (SSSR count). The van der Waals surface area contributed by atoms with E-state index in [4.69, 9.17) is 0 Å². The first kappa shape index (κ1) is 15.3. The van der Waals surface area contributed by atoms with Gasteiger partial charge in [-0.05, 0) is 55.5 Å². The van der Waals surface area contributed by atoms with Crippen LogP contribution in [0.3, 0.4) is 0 Å². The van der Waals surface area contributed by atoms with Crippen LogP contribution in [0.4, 0.5) is 0 Å². The summed E-state index contributed by atoms with van der Waals surface area (Å²) in [5, 5.41) is 12.3. The van der Waals surface area contributed by atoms with Crippen molar-refractivity contribution in [3.05, 3.63) is 42.2 Å². The highest BCUT2D eigenvalue weighted by Crippen LogP contribution is 2.57. The second-order valence-electron chi connectivity index (χ2n) is 8.88. The van der Waals surface area contributed by atoms with Gasteiger partial charge in [-0.3, -0.25) is 9.78 Å². The Hall–Kier alpha value is -1.94. The number of hydrogen-bond acceptors (Lipinski definition) is 3. The van der Waals surface area contributed by atoms with E-state index < -0.39 is 5.60 Å². The number of aromatic nitrogens is 1. The summed E-state index contributed by atoms with van der Waals surface area (Å²) in [6, 6.07) is 8.78. The summed E-state index contributed by atoms with van der Waals surface area (Å²) in [7, 11) is 0. The van der Waals surface area contributed by atoms with Gasteiger partial charge in [-0.2, -0.15) is 0 Å². The van der Waals surface area contributed by atoms with Crippen LogP contribution < -0.4 is 0 Å². The van der Waals surface area contributed by atoms with Gasteiger partial charge in [-0.15, -0.1) is 0 Å². The van der Waals surface area contributed by atoms with Gasteiger partial charge in [0.2, 0.25) is 5.91 Å². The van der Waals surface area contributed by atoms with E-state index in [0.717, 1.165) is 13.1 Å². The first-order valence-electron chi connectivity index (χ1n) is 9.28. The minimum absolute atomic E-state index is 0.0531. The molecule has 4 nitrogen and oxygen atoms in total. The smallest absolute Gasteiger partial charge is 0.225 e. The minimum atomic E-state index is -0.615. The molecule has 2 saturated carbocycles. The number of carbonyl (C=O) groups is 1. The lowest BCUT2D eigenvalue weighted by Crippen LogP contribution is -2.65. The molecule has 1 aromatic carbocycles. The first-order chi connectivity index (χ1) is 11.9. The average molecular weight is 336 g/mol. The van der Waals surface area contributed by atoms with Crippen molar-refractivity contribution in [2.75, 3.05) is 13.1 Å². The van der Waals surface area contributed by atoms with Crippen molar-refractivity contribution in [2.45, 2.75) is 44.1 Å². The van der Waals surface area contributed by atoms with Crippen molar-refractivity contribution in [3.8, 4) is 0 Å². The third kappa shape index (κ3) is 2.46. The van der Waals surface area contributed by atoms with Crippen LogP contribution in [0, 0.1) is 11.3 Å². The van der Waals surface area contributed by atoms with E-state index in [1.807, 2.05) is 24.2 Å². The highest BCUT2D eigenvalue weighted by atomic mass is 16.3. The molecule has 3 fully saturated rings. The predicted octanol–water partition coefficient (Wildman–Crippen LogP) is 3.10. The van der Waals surface area contributed by atoms with Crippen LogP contribution in [0.2, 0.25) is 0 Å². The van der Waals surface area contributed by atoms with Crippen molar-refractivity contribution in [1.29, 1.82) is 0 Å². The monoisotopic (exact) mass is 336 g/mol. The molecule has 1 amide bonds. The standard InChI is InChI=1S/C21H24N2O2/c1-20(25)7-18(8-20)19(24)23-12-21(13-23)9-17(10-21)14-2-3-16-11-22-5-4-15(16)6-14/h2-6,11,17-18,25H,7-10,12-13H2,1H3. The van der Waals surface area contributed by atoms with Crippen molar-refractivity contribution in [1.82, 2.24) is 9.88 Å². The van der Waals surface area contributed by atoms with E-state index in [0.29, 0.717) is 24.2 Å². The summed E-state index contributed by atoms with van der Waals surface area (Å²) in [6.07, 6.45) is 7.40. The van der Waals surface area contributed by atoms with Gasteiger partial charge in [0.1, 0.15) is 0 Å². The summed E-state index contributed by atoms with van der Waals surface area (Å²) < 4.78 is 0. The molecule has 0 bridgehead atoms. The summed E-state index contributed by atoms with van der Waals surface area (Å²) in [6.45, 7) is 3.65. The molecule has 0 atom stereocenters. The zero-order chi connectivity index (χ0) is 17.2. The molecule has 0 unspecified atom stereocenters. The van der Waals surface area contributed by atoms with Crippen LogP contribution in [-0.2, 0) is 4.79 Å². The molecule has 1 saturated heterocycles. The first-order valence-corrected chi connectivity index (χ1v) is 9.28. The van der Waals surface area contributed by atoms with Crippen LogP contribution in [0.1, 0.15) is 44.1 Å². The van der Waals surface area contributed by atoms with Crippen LogP contribution >= 0.6 is 0 Å². The Morgan fingerprint density at radius 3 is 2.64 bits per heavy atom. The zero-order valence-electron chi connectivity index (χ0n) is 14.6. The number of fused-ring (bicyclic) bond motifs is 1. The molecule has 2 aliphatic carbocycles. The Kier molecular flexibility index (Phi) is 3.09. The molecule has 2 aromatic rings. The van der Waals surface area contributed by atoms with Crippen molar-refractivity contribution >= 4 is 16.7 Å². The van der Waals surface area contributed by atoms with E-state index in [1.165, 1.54) is 29.2 Å². The van der Waals surface area contributed by atoms with Gasteiger partial charge in [0, 0.05) is 42.2 Å². The molecular formula is C21H24N2O2. The zero-order valence-corrected chi connectivity index (χ0v) is 14.6. The Morgan fingerprint density at radius 2 is 1.92 bits per heavy atom. The molecular weight excluding hydrogens is 312 g/mol. The second kappa shape index (κ2) is 5.04. The number of pyridine rings is 1. The fourth-order valence-electron chi connectivity index (χ4n) is 5.19. The molecule has 3 aliphatic rings. The van der Waals surface area contributed by atoms with Crippen molar-refractivity contribution < 1.29 is 9.90 Å². The third-order valence-electron chi connectivity index (χ3n) is 6.58. The third-order valence-corrected chi connectivity index (χ3v) is 6.58. The van der Waals surface area contributed by atoms with E-state index in [1.54, 1.807) is 0 Å². The summed E-state index contributed by atoms with van der Waals surface area (Å²) in [5.74, 6) is 0.940. The predicted molar refractivity (Wildman–Crippen MR) is 96.1 cm³/mol. The molecule has 1 aliphatic heterocycles. The van der Waals surface area contributed by atoms with E-state index in [9.17, 15) is 9.90 Å². The van der Waals surface area contributed by atoms with E-state index in [-0.39, 0.29) is 11.8 Å². The van der Waals surface area contributed by atoms with Gasteiger partial charge >= 0.3 is 0 Å². The highest BCUT2D eigenvalue weighted by Gasteiger charge is 2.55. The molecule has 2 heterocycles. The van der Waals surface area contributed by atoms with Gasteiger partial charge in [-0.25, -0.2) is 0 Å². The lowest BCUT2D eigenvalue weighted by atomic mass is 9.55. The topological polar surface area (TPSA) is 53.4 Å². The largest absolute Gasteiger partial charge is 0.390 e. The fraction of sp³-hybridized carbons (Fsp3) is 0.524. The number of hydrogen-bond donors (Lipinski definition) is 1. The van der Waals surface area contributed by atoms with E-state index in [2.05, 4.69) is 29.2 Å². The Morgan fingerprint density at radius 1 is 1.16 bits per heavy atom. The van der Waals surface area contributed by atoms with Gasteiger partial charge in [0.15, 0.2) is 0 Å². The maximum absolute atomic E-state index is 12.4. The summed E-state index contributed by atoms with van der Waals surface area (Å²) in [5.41, 5.74) is 1.17. The summed E-state index contributed by atoms with van der Waals surface area (Å²) >= 11 is 0. The quantitative estimate of drug-likeness (QED) is 0.917. The van der Waals surface area contributed by atoms with Crippen LogP contribution in [-0.4, -0.2) is 39.6 Å². The number of amides is 1. The Labute approximate surface area is 147 Å². The molecule has 4 heteroatoms. The number of aliphatic hydroxyl groups is 1. The fourth-order valence-corrected chi connectivity index (χ4v) is 5.19. The van der Waals surface area contributed by atoms with Crippen molar-refractivity contribution in [2.24, 2.45) is 11.3 Å². The summed E-state index contributed by atoms with van der Waals surface area (Å²) in [4.78, 5) is 18.6. The molecule has 130 valence electrons. The normalized spacial score (nSPS) is 30.6. The molecule has 1 aromatic heterocycles. The van der Waals surface area contributed by atoms with Gasteiger partial charge in [0.25, 0.3) is 0 Å². The number of carbonyl (C=O) groups excluding carboxylic acids is 1. The van der Waals surface area contributed by atoms with Crippen LogP contribution in [0.15, 0.2) is 36.7 Å². The van der Waals surface area contributed by atoms with Crippen molar-refractivity contribution in [3.63, 3.8) is 0 Å². The van der Waals surface area contributed by atoms with Crippen LogP contribution in [0.25, 0.3) is 10.8 Å². The molecule has 1 N–H and O–H groups in total. The minimum Gasteiger partial charge on any atom is -0.390 e. The molecule has 25 heavy (non-hydrogen) atoms. The lowest BCUT2D eigenvalue weighted by Gasteiger charge is -2.60. The SMILES string of the molecule is CC1(O)CC(C(=O)N2CC3(CC(c4ccc5cnccc5c4)C3)C2)C1. The average Bonchev–Trinajstić information content (AvgIpc) is 2.49. The number of rotatable bonds is 2. The van der Waals surface area contributed by atoms with Crippen LogP contribution in [0.5, 0.6) is 0 Å². The Balaban J connectivity index is 1.19. The van der Waals surface area contributed by atoms with Gasteiger partial charge < -0.3 is 10.0 Å².